The number of fused-ring (bicyclic) bond motifs is 1. The van der Waals surface area contributed by atoms with Gasteiger partial charge in [0.1, 0.15) is 4.70 Å². The Bertz CT molecular complexity index is 675. The third-order valence-electron chi connectivity index (χ3n) is 3.30. The van der Waals surface area contributed by atoms with Crippen molar-refractivity contribution in [2.24, 2.45) is 0 Å². The Morgan fingerprint density at radius 1 is 1.25 bits per heavy atom. The number of thiophene rings is 1. The van der Waals surface area contributed by atoms with Gasteiger partial charge in [0.25, 0.3) is 0 Å². The molecule has 0 saturated carbocycles. The molecule has 134 valence electrons. The van der Waals surface area contributed by atoms with Crippen molar-refractivity contribution in [3.05, 3.63) is 26.1 Å². The Morgan fingerprint density at radius 3 is 2.62 bits per heavy atom. The van der Waals surface area contributed by atoms with Crippen LogP contribution in [0.1, 0.15) is 13.3 Å². The van der Waals surface area contributed by atoms with Crippen LogP contribution in [0.2, 0.25) is 0 Å². The van der Waals surface area contributed by atoms with Crippen molar-refractivity contribution in [1.82, 2.24) is 0 Å². The van der Waals surface area contributed by atoms with Crippen LogP contribution in [0, 0.1) is 0 Å². The number of anilines is 1. The van der Waals surface area contributed by atoms with Crippen LogP contribution in [0.25, 0.3) is 10.3 Å². The summed E-state index contributed by atoms with van der Waals surface area (Å²) >= 11 is 4.77. The first kappa shape index (κ1) is 19.4. The molecular weight excluding hydrogens is 398 g/mol. The summed E-state index contributed by atoms with van der Waals surface area (Å²) in [7, 11) is 0. The Labute approximate surface area is 153 Å². The molecule has 0 atom stereocenters. The molecule has 0 saturated heterocycles. The van der Waals surface area contributed by atoms with Gasteiger partial charge < -0.3 is 23.9 Å². The number of ether oxygens (including phenoxy) is 2. The highest BCUT2D eigenvalue weighted by Gasteiger charge is 2.15. The Morgan fingerprint density at radius 2 is 1.96 bits per heavy atom. The summed E-state index contributed by atoms with van der Waals surface area (Å²) in [5.74, 6) is 0.499. The molecule has 2 aromatic heterocycles. The van der Waals surface area contributed by atoms with E-state index in [1.165, 1.54) is 17.4 Å². The van der Waals surface area contributed by atoms with Crippen molar-refractivity contribution in [2.75, 3.05) is 51.0 Å². The molecule has 0 aromatic carbocycles. The molecule has 2 rings (SSSR count). The normalized spacial score (nSPS) is 11.3. The van der Waals surface area contributed by atoms with Crippen LogP contribution < -0.4 is 10.3 Å². The van der Waals surface area contributed by atoms with Crippen molar-refractivity contribution in [3.8, 4) is 0 Å². The van der Waals surface area contributed by atoms with E-state index in [2.05, 4.69) is 22.9 Å². The molecule has 0 fully saturated rings. The van der Waals surface area contributed by atoms with Crippen molar-refractivity contribution in [1.29, 1.82) is 0 Å². The fourth-order valence-electron chi connectivity index (χ4n) is 2.15. The van der Waals surface area contributed by atoms with E-state index in [0.717, 1.165) is 10.9 Å². The summed E-state index contributed by atoms with van der Waals surface area (Å²) in [6, 6.07) is 1.51. The monoisotopic (exact) mass is 419 g/mol. The summed E-state index contributed by atoms with van der Waals surface area (Å²) in [4.78, 5) is 14.2. The zero-order valence-corrected chi connectivity index (χ0v) is 16.0. The summed E-state index contributed by atoms with van der Waals surface area (Å²) in [5.41, 5.74) is 0.510. The van der Waals surface area contributed by atoms with Gasteiger partial charge in [-0.3, -0.25) is 4.79 Å². The second-order valence-corrected chi connectivity index (χ2v) is 6.86. The lowest BCUT2D eigenvalue weighted by atomic mass is 10.4. The highest BCUT2D eigenvalue weighted by Crippen LogP contribution is 2.30. The zero-order chi connectivity index (χ0) is 17.4. The number of aliphatic hydroxyl groups excluding tert-OH is 1. The lowest BCUT2D eigenvalue weighted by Gasteiger charge is -2.23. The molecule has 1 N–H and O–H groups in total. The van der Waals surface area contributed by atoms with Gasteiger partial charge in [0.2, 0.25) is 5.43 Å². The molecule has 6 nitrogen and oxygen atoms in total. The summed E-state index contributed by atoms with van der Waals surface area (Å²) < 4.78 is 18.2. The van der Waals surface area contributed by atoms with E-state index >= 15 is 0 Å². The van der Waals surface area contributed by atoms with Crippen LogP contribution in [0.4, 0.5) is 5.88 Å². The van der Waals surface area contributed by atoms with E-state index < -0.39 is 0 Å². The van der Waals surface area contributed by atoms with Gasteiger partial charge >= 0.3 is 0 Å². The second kappa shape index (κ2) is 10.1. The molecule has 0 aliphatic rings. The zero-order valence-electron chi connectivity index (χ0n) is 13.6. The third-order valence-corrected chi connectivity index (χ3v) is 5.16. The van der Waals surface area contributed by atoms with Crippen LogP contribution in [0.5, 0.6) is 0 Å². The minimum absolute atomic E-state index is 0.0114. The smallest absolute Gasteiger partial charge is 0.204 e. The van der Waals surface area contributed by atoms with Crippen LogP contribution in [0.3, 0.4) is 0 Å². The molecule has 0 spiro atoms. The Kier molecular flexibility index (Phi) is 8.20. The van der Waals surface area contributed by atoms with Gasteiger partial charge in [-0.25, -0.2) is 0 Å². The lowest BCUT2D eigenvalue weighted by molar-refractivity contribution is 0.0943. The van der Waals surface area contributed by atoms with Crippen LogP contribution in [-0.4, -0.2) is 51.2 Å². The fourth-order valence-corrected chi connectivity index (χ4v) is 3.61. The van der Waals surface area contributed by atoms with Gasteiger partial charge in [-0.1, -0.05) is 6.92 Å². The van der Waals surface area contributed by atoms with E-state index in [-0.39, 0.29) is 12.0 Å². The first-order valence-corrected chi connectivity index (χ1v) is 9.56. The van der Waals surface area contributed by atoms with Gasteiger partial charge in [0.05, 0.1) is 30.9 Å². The van der Waals surface area contributed by atoms with Crippen molar-refractivity contribution < 1.29 is 19.0 Å². The lowest BCUT2D eigenvalue weighted by Crippen LogP contribution is -2.32. The molecular formula is C16H22BrNO5S. The Balaban J connectivity index is 2.14. The van der Waals surface area contributed by atoms with Gasteiger partial charge in [-0.2, -0.15) is 0 Å². The minimum Gasteiger partial charge on any atom is -0.438 e. The molecule has 0 amide bonds. The van der Waals surface area contributed by atoms with E-state index in [0.29, 0.717) is 55.7 Å². The number of nitrogens with zero attached hydrogens (tertiary/aromatic N) is 1. The number of hydrogen-bond donors (Lipinski definition) is 1. The predicted octanol–water partition coefficient (Wildman–Crippen LogP) is 2.86. The summed E-state index contributed by atoms with van der Waals surface area (Å²) in [5, 5.41) is 10.6. The average Bonchev–Trinajstić information content (AvgIpc) is 2.95. The predicted molar refractivity (Wildman–Crippen MR) is 99.3 cm³/mol. The number of halogens is 1. The largest absolute Gasteiger partial charge is 0.438 e. The van der Waals surface area contributed by atoms with Crippen LogP contribution in [0.15, 0.2) is 25.1 Å². The van der Waals surface area contributed by atoms with Gasteiger partial charge in [0.15, 0.2) is 11.5 Å². The topological polar surface area (TPSA) is 72.1 Å². The van der Waals surface area contributed by atoms with Crippen molar-refractivity contribution in [2.45, 2.75) is 13.3 Å². The summed E-state index contributed by atoms with van der Waals surface area (Å²) in [6.45, 7) is 5.16. The van der Waals surface area contributed by atoms with Gasteiger partial charge in [-0.15, -0.1) is 11.3 Å². The molecule has 2 heterocycles. The molecule has 2 aromatic rings. The highest BCUT2D eigenvalue weighted by molar-refractivity contribution is 9.10. The highest BCUT2D eigenvalue weighted by atomic mass is 79.9. The van der Waals surface area contributed by atoms with Gasteiger partial charge in [-0.05, 0) is 22.4 Å². The SMILES string of the molecule is CCCOCCN(CCOCCO)c1cc(=O)c2scc(Br)c2o1. The van der Waals surface area contributed by atoms with Crippen molar-refractivity contribution in [3.63, 3.8) is 0 Å². The minimum atomic E-state index is -0.0577. The van der Waals surface area contributed by atoms with Crippen LogP contribution >= 0.6 is 27.3 Å². The maximum atomic E-state index is 12.3. The molecule has 0 bridgehead atoms. The fraction of sp³-hybridized carbons (Fsp3) is 0.562. The molecule has 0 aliphatic heterocycles. The maximum absolute atomic E-state index is 12.3. The van der Waals surface area contributed by atoms with E-state index in [9.17, 15) is 4.79 Å². The molecule has 8 heteroatoms. The van der Waals surface area contributed by atoms with E-state index in [1.807, 2.05) is 10.3 Å². The molecule has 24 heavy (non-hydrogen) atoms. The first-order chi connectivity index (χ1) is 11.7. The second-order valence-electron chi connectivity index (χ2n) is 5.13. The van der Waals surface area contributed by atoms with Crippen molar-refractivity contribution >= 4 is 43.4 Å². The third kappa shape index (κ3) is 5.29. The number of hydrogen-bond acceptors (Lipinski definition) is 7. The van der Waals surface area contributed by atoms with E-state index in [4.69, 9.17) is 19.0 Å². The number of rotatable bonds is 11. The molecule has 0 radical (unpaired) electrons. The Hall–Kier alpha value is -0.930. The average molecular weight is 420 g/mol. The summed E-state index contributed by atoms with van der Waals surface area (Å²) in [6.07, 6.45) is 0.961. The first-order valence-electron chi connectivity index (χ1n) is 7.89. The molecule has 0 unspecified atom stereocenters. The maximum Gasteiger partial charge on any atom is 0.204 e. The number of aliphatic hydroxyl groups is 1. The standard InChI is InChI=1S/C16H22BrNO5S/c1-2-6-21-7-3-18(4-8-22-9-5-19)14-10-13(20)16-15(23-14)12(17)11-24-16/h10-11,19H,2-9H2,1H3. The van der Waals surface area contributed by atoms with Gasteiger partial charge in [0, 0.05) is 31.1 Å². The van der Waals surface area contributed by atoms with Crippen LogP contribution in [-0.2, 0) is 9.47 Å². The molecule has 0 aliphatic carbocycles. The quantitative estimate of drug-likeness (QED) is 0.564. The van der Waals surface area contributed by atoms with E-state index in [1.54, 1.807) is 0 Å².